The van der Waals surface area contributed by atoms with Gasteiger partial charge in [-0.1, -0.05) is 0 Å². The van der Waals surface area contributed by atoms with Crippen molar-refractivity contribution in [2.75, 3.05) is 19.8 Å². The third kappa shape index (κ3) is 4.64. The minimum absolute atomic E-state index is 0.0361. The maximum absolute atomic E-state index is 11.8. The van der Waals surface area contributed by atoms with Gasteiger partial charge in [0.05, 0.1) is 13.1 Å². The number of halogens is 2. The van der Waals surface area contributed by atoms with Gasteiger partial charge in [0, 0.05) is 19.8 Å². The van der Waals surface area contributed by atoms with E-state index in [9.17, 15) is 4.79 Å². The summed E-state index contributed by atoms with van der Waals surface area (Å²) >= 11 is 8.24. The molecule has 0 spiro atoms. The molecule has 0 radical (unpaired) electrons. The molecule has 1 saturated carbocycles. The van der Waals surface area contributed by atoms with Crippen molar-refractivity contribution < 1.29 is 9.53 Å². The van der Waals surface area contributed by atoms with Crippen molar-refractivity contribution in [2.24, 2.45) is 5.92 Å². The Kier molecular flexibility index (Phi) is 5.66. The molecule has 0 aromatic carbocycles. The van der Waals surface area contributed by atoms with Crippen LogP contribution in [0.15, 0.2) is 13.6 Å². The van der Waals surface area contributed by atoms with Crippen molar-refractivity contribution in [3.8, 4) is 0 Å². The minimum Gasteiger partial charge on any atom is -0.381 e. The van der Waals surface area contributed by atoms with E-state index in [0.29, 0.717) is 12.1 Å². The molecular weight excluding hydrogens is 382 g/mol. The van der Waals surface area contributed by atoms with E-state index >= 15 is 0 Å². The number of ether oxygens (including phenoxy) is 1. The van der Waals surface area contributed by atoms with Crippen LogP contribution in [0.3, 0.4) is 0 Å². The standard InChI is InChI=1S/C12H15Br2NO2S/c13-10-6-9(11(14)18-10)12(16)15-4-1-5-17-7-8-2-3-8/h6,8H,1-5,7H2,(H,15,16). The molecule has 1 aromatic heterocycles. The number of hydrogen-bond donors (Lipinski definition) is 1. The van der Waals surface area contributed by atoms with Gasteiger partial charge in [0.1, 0.15) is 0 Å². The molecule has 1 fully saturated rings. The van der Waals surface area contributed by atoms with Crippen LogP contribution in [0.25, 0.3) is 0 Å². The highest BCUT2D eigenvalue weighted by atomic mass is 79.9. The predicted molar refractivity (Wildman–Crippen MR) is 80.2 cm³/mol. The lowest BCUT2D eigenvalue weighted by molar-refractivity contribution is 0.0937. The average molecular weight is 397 g/mol. The summed E-state index contributed by atoms with van der Waals surface area (Å²) in [7, 11) is 0. The van der Waals surface area contributed by atoms with E-state index in [4.69, 9.17) is 4.74 Å². The molecule has 1 aromatic rings. The SMILES string of the molecule is O=C(NCCCOCC1CC1)c1cc(Br)sc1Br. The highest BCUT2D eigenvalue weighted by molar-refractivity contribution is 9.12. The smallest absolute Gasteiger partial charge is 0.253 e. The quantitative estimate of drug-likeness (QED) is 0.711. The maximum Gasteiger partial charge on any atom is 0.253 e. The number of rotatable bonds is 7. The van der Waals surface area contributed by atoms with Crippen molar-refractivity contribution in [1.29, 1.82) is 0 Å². The molecular formula is C12H15Br2NO2S. The lowest BCUT2D eigenvalue weighted by Crippen LogP contribution is -2.25. The van der Waals surface area contributed by atoms with E-state index in [1.54, 1.807) is 0 Å². The first-order chi connectivity index (χ1) is 8.66. The van der Waals surface area contributed by atoms with Crippen molar-refractivity contribution in [2.45, 2.75) is 19.3 Å². The summed E-state index contributed by atoms with van der Waals surface area (Å²) in [4.78, 5) is 11.8. The first kappa shape index (κ1) is 14.5. The molecule has 1 amide bonds. The highest BCUT2D eigenvalue weighted by Gasteiger charge is 2.20. The zero-order valence-electron chi connectivity index (χ0n) is 9.88. The lowest BCUT2D eigenvalue weighted by atomic mass is 10.3. The third-order valence-corrected chi connectivity index (χ3v) is 5.04. The van der Waals surface area contributed by atoms with E-state index in [0.717, 1.165) is 33.1 Å². The average Bonchev–Trinajstić information content (AvgIpc) is 3.08. The Morgan fingerprint density at radius 3 is 2.89 bits per heavy atom. The van der Waals surface area contributed by atoms with Gasteiger partial charge in [-0.3, -0.25) is 4.79 Å². The molecule has 1 N–H and O–H groups in total. The Balaban J connectivity index is 1.60. The number of nitrogens with one attached hydrogen (secondary N) is 1. The van der Waals surface area contributed by atoms with Crippen LogP contribution in [0.5, 0.6) is 0 Å². The van der Waals surface area contributed by atoms with Gasteiger partial charge < -0.3 is 10.1 Å². The van der Waals surface area contributed by atoms with E-state index in [-0.39, 0.29) is 5.91 Å². The molecule has 1 aliphatic carbocycles. The van der Waals surface area contributed by atoms with Crippen molar-refractivity contribution in [1.82, 2.24) is 5.32 Å². The van der Waals surface area contributed by atoms with E-state index in [1.165, 1.54) is 24.2 Å². The molecule has 1 aliphatic rings. The van der Waals surface area contributed by atoms with Crippen LogP contribution in [0.2, 0.25) is 0 Å². The molecule has 6 heteroatoms. The lowest BCUT2D eigenvalue weighted by Gasteiger charge is -2.05. The second-order valence-corrected chi connectivity index (χ2v) is 8.11. The van der Waals surface area contributed by atoms with Crippen LogP contribution in [-0.2, 0) is 4.74 Å². The van der Waals surface area contributed by atoms with Gasteiger partial charge in [-0.25, -0.2) is 0 Å². The molecule has 0 saturated heterocycles. The Labute approximate surface area is 128 Å². The fraction of sp³-hybridized carbons (Fsp3) is 0.583. The largest absolute Gasteiger partial charge is 0.381 e. The molecule has 0 aliphatic heterocycles. The summed E-state index contributed by atoms with van der Waals surface area (Å²) in [5, 5.41) is 2.89. The summed E-state index contributed by atoms with van der Waals surface area (Å²) in [5.41, 5.74) is 0.686. The first-order valence-corrected chi connectivity index (χ1v) is 8.38. The van der Waals surface area contributed by atoms with Gasteiger partial charge >= 0.3 is 0 Å². The number of amides is 1. The number of thiophene rings is 1. The molecule has 100 valence electrons. The summed E-state index contributed by atoms with van der Waals surface area (Å²) in [6, 6.07) is 1.83. The normalized spacial score (nSPS) is 14.8. The molecule has 3 nitrogen and oxygen atoms in total. The Hall–Kier alpha value is 0.0900. The summed E-state index contributed by atoms with van der Waals surface area (Å²) < 4.78 is 7.32. The fourth-order valence-electron chi connectivity index (χ4n) is 1.50. The summed E-state index contributed by atoms with van der Waals surface area (Å²) in [6.07, 6.45) is 3.50. The van der Waals surface area contributed by atoms with Crippen LogP contribution in [0.4, 0.5) is 0 Å². The fourth-order valence-corrected chi connectivity index (χ4v) is 4.29. The maximum atomic E-state index is 11.8. The monoisotopic (exact) mass is 395 g/mol. The van der Waals surface area contributed by atoms with Crippen LogP contribution in [-0.4, -0.2) is 25.7 Å². The van der Waals surface area contributed by atoms with Crippen molar-refractivity contribution in [3.63, 3.8) is 0 Å². The zero-order chi connectivity index (χ0) is 13.0. The van der Waals surface area contributed by atoms with Crippen LogP contribution in [0.1, 0.15) is 29.6 Å². The predicted octanol–water partition coefficient (Wildman–Crippen LogP) is 3.82. The van der Waals surface area contributed by atoms with Gasteiger partial charge in [-0.05, 0) is 63.1 Å². The molecule has 2 rings (SSSR count). The van der Waals surface area contributed by atoms with Crippen molar-refractivity contribution in [3.05, 3.63) is 19.2 Å². The number of hydrogen-bond acceptors (Lipinski definition) is 3. The van der Waals surface area contributed by atoms with Gasteiger partial charge in [-0.2, -0.15) is 0 Å². The molecule has 0 bridgehead atoms. The number of carbonyl (C=O) groups is 1. The molecule has 0 atom stereocenters. The topological polar surface area (TPSA) is 38.3 Å². The summed E-state index contributed by atoms with van der Waals surface area (Å²) in [5.74, 6) is 0.768. The van der Waals surface area contributed by atoms with Gasteiger partial charge in [0.15, 0.2) is 0 Å². The highest BCUT2D eigenvalue weighted by Crippen LogP contribution is 2.31. The first-order valence-electron chi connectivity index (χ1n) is 5.97. The number of carbonyl (C=O) groups excluding carboxylic acids is 1. The third-order valence-electron chi connectivity index (χ3n) is 2.70. The van der Waals surface area contributed by atoms with E-state index in [2.05, 4.69) is 37.2 Å². The second kappa shape index (κ2) is 7.03. The van der Waals surface area contributed by atoms with E-state index < -0.39 is 0 Å². The van der Waals surface area contributed by atoms with Gasteiger partial charge in [-0.15, -0.1) is 11.3 Å². The minimum atomic E-state index is -0.0361. The van der Waals surface area contributed by atoms with E-state index in [1.807, 2.05) is 6.07 Å². The zero-order valence-corrected chi connectivity index (χ0v) is 13.9. The Bertz CT molecular complexity index is 418. The van der Waals surface area contributed by atoms with Gasteiger partial charge in [0.2, 0.25) is 0 Å². The van der Waals surface area contributed by atoms with Crippen molar-refractivity contribution >= 4 is 49.1 Å². The second-order valence-electron chi connectivity index (χ2n) is 4.37. The molecule has 18 heavy (non-hydrogen) atoms. The van der Waals surface area contributed by atoms with Crippen LogP contribution >= 0.6 is 43.2 Å². The Morgan fingerprint density at radius 1 is 1.50 bits per heavy atom. The van der Waals surface area contributed by atoms with Crippen LogP contribution in [0, 0.1) is 5.92 Å². The summed E-state index contributed by atoms with van der Waals surface area (Å²) in [6.45, 7) is 2.27. The molecule has 0 unspecified atom stereocenters. The Morgan fingerprint density at radius 2 is 2.28 bits per heavy atom. The van der Waals surface area contributed by atoms with Gasteiger partial charge in [0.25, 0.3) is 5.91 Å². The van der Waals surface area contributed by atoms with Crippen LogP contribution < -0.4 is 5.32 Å². The molecule has 1 heterocycles.